The summed E-state index contributed by atoms with van der Waals surface area (Å²) in [5.74, 6) is -0.415. The number of hydrogen-bond donors (Lipinski definition) is 2. The number of likely N-dealkylation sites (N-methyl/N-ethyl adjacent to an activating group) is 1. The van der Waals surface area contributed by atoms with Gasteiger partial charge in [0.15, 0.2) is 6.61 Å². The summed E-state index contributed by atoms with van der Waals surface area (Å²) in [4.78, 5) is 25.9. The second kappa shape index (κ2) is 10.9. The molecule has 1 unspecified atom stereocenters. The van der Waals surface area contributed by atoms with Crippen LogP contribution in [0.3, 0.4) is 0 Å². The van der Waals surface area contributed by atoms with Gasteiger partial charge in [-0.05, 0) is 43.3 Å². The summed E-state index contributed by atoms with van der Waals surface area (Å²) in [6, 6.07) is 11.9. The predicted molar refractivity (Wildman–Crippen MR) is 117 cm³/mol. The molecule has 0 saturated carbocycles. The van der Waals surface area contributed by atoms with Crippen molar-refractivity contribution in [1.29, 1.82) is 0 Å². The number of methoxy groups -OCH3 is 1. The van der Waals surface area contributed by atoms with Crippen LogP contribution in [0.4, 0.5) is 5.69 Å². The molecule has 31 heavy (non-hydrogen) atoms. The molecule has 0 spiro atoms. The Kier molecular flexibility index (Phi) is 8.55. The van der Waals surface area contributed by atoms with E-state index >= 15 is 0 Å². The molecule has 2 N–H and O–H groups in total. The maximum atomic E-state index is 12.7. The van der Waals surface area contributed by atoms with E-state index in [1.807, 2.05) is 0 Å². The first-order valence-electron chi connectivity index (χ1n) is 9.48. The van der Waals surface area contributed by atoms with Crippen molar-refractivity contribution in [1.82, 2.24) is 9.62 Å². The van der Waals surface area contributed by atoms with Crippen molar-refractivity contribution in [3.05, 3.63) is 54.1 Å². The standard InChI is InChI=1S/C21H27N3O6S/c1-15(13-29-4)23-31(27,28)17-11-9-16(10-12-17)22-21(26)18-7-5-6-8-19(18)30-14-20(25)24(2)3/h5-12,15,23H,13-14H2,1-4H3,(H,22,26). The number of sulfonamides is 1. The van der Waals surface area contributed by atoms with Crippen LogP contribution in [0.1, 0.15) is 17.3 Å². The summed E-state index contributed by atoms with van der Waals surface area (Å²) in [7, 11) is 1.01. The molecule has 0 aliphatic rings. The van der Waals surface area contributed by atoms with Gasteiger partial charge in [0.2, 0.25) is 10.0 Å². The second-order valence-corrected chi connectivity index (χ2v) is 8.74. The van der Waals surface area contributed by atoms with Crippen LogP contribution in [0.15, 0.2) is 53.4 Å². The molecule has 0 bridgehead atoms. The second-order valence-electron chi connectivity index (χ2n) is 7.03. The zero-order valence-corrected chi connectivity index (χ0v) is 18.7. The molecule has 10 heteroatoms. The Morgan fingerprint density at radius 1 is 1.06 bits per heavy atom. The van der Waals surface area contributed by atoms with Gasteiger partial charge in [0.25, 0.3) is 11.8 Å². The quantitative estimate of drug-likeness (QED) is 0.571. The Morgan fingerprint density at radius 3 is 2.32 bits per heavy atom. The molecular formula is C21H27N3O6S. The van der Waals surface area contributed by atoms with Gasteiger partial charge in [-0.15, -0.1) is 0 Å². The van der Waals surface area contributed by atoms with Crippen LogP contribution >= 0.6 is 0 Å². The number of nitrogens with one attached hydrogen (secondary N) is 2. The summed E-state index contributed by atoms with van der Waals surface area (Å²) >= 11 is 0. The first-order chi connectivity index (χ1) is 14.6. The number of nitrogens with zero attached hydrogens (tertiary/aromatic N) is 1. The maximum absolute atomic E-state index is 12.7. The SMILES string of the molecule is COCC(C)NS(=O)(=O)c1ccc(NC(=O)c2ccccc2OCC(=O)N(C)C)cc1. The number of benzene rings is 2. The molecular weight excluding hydrogens is 422 g/mol. The normalized spacial score (nSPS) is 12.1. The molecule has 0 saturated heterocycles. The first kappa shape index (κ1) is 24.3. The van der Waals surface area contributed by atoms with Gasteiger partial charge in [-0.3, -0.25) is 9.59 Å². The van der Waals surface area contributed by atoms with Crippen molar-refractivity contribution in [2.75, 3.05) is 39.7 Å². The number of carbonyl (C=O) groups excluding carboxylic acids is 2. The topological polar surface area (TPSA) is 114 Å². The highest BCUT2D eigenvalue weighted by atomic mass is 32.2. The molecule has 2 amide bonds. The number of anilines is 1. The van der Waals surface area contributed by atoms with E-state index in [-0.39, 0.29) is 41.4 Å². The van der Waals surface area contributed by atoms with Gasteiger partial charge in [0.1, 0.15) is 5.75 Å². The Labute approximate surface area is 182 Å². The molecule has 0 radical (unpaired) electrons. The minimum Gasteiger partial charge on any atom is -0.483 e. The summed E-state index contributed by atoms with van der Waals surface area (Å²) in [6.07, 6.45) is 0. The van der Waals surface area contributed by atoms with Crippen molar-refractivity contribution in [2.45, 2.75) is 17.9 Å². The number of amides is 2. The van der Waals surface area contributed by atoms with Crippen molar-refractivity contribution < 1.29 is 27.5 Å². The maximum Gasteiger partial charge on any atom is 0.259 e. The van der Waals surface area contributed by atoms with Crippen molar-refractivity contribution >= 4 is 27.5 Å². The summed E-state index contributed by atoms with van der Waals surface area (Å²) in [5, 5.41) is 2.70. The molecule has 0 fully saturated rings. The zero-order chi connectivity index (χ0) is 23.0. The summed E-state index contributed by atoms with van der Waals surface area (Å²) in [5.41, 5.74) is 0.661. The number of ether oxygens (including phenoxy) is 2. The minimum absolute atomic E-state index is 0.0689. The number of para-hydroxylation sites is 1. The van der Waals surface area contributed by atoms with Crippen LogP contribution in [-0.4, -0.2) is 65.6 Å². The fourth-order valence-corrected chi connectivity index (χ4v) is 3.81. The molecule has 1 atom stereocenters. The van der Waals surface area contributed by atoms with E-state index in [0.29, 0.717) is 5.69 Å². The van der Waals surface area contributed by atoms with E-state index in [9.17, 15) is 18.0 Å². The third kappa shape index (κ3) is 7.06. The number of hydrogen-bond acceptors (Lipinski definition) is 6. The third-order valence-corrected chi connectivity index (χ3v) is 5.78. The van der Waals surface area contributed by atoms with Gasteiger partial charge in [0, 0.05) is 32.9 Å². The molecule has 2 aromatic rings. The van der Waals surface area contributed by atoms with Crippen molar-refractivity contribution in [3.63, 3.8) is 0 Å². The predicted octanol–water partition coefficient (Wildman–Crippen LogP) is 1.72. The molecule has 2 aromatic carbocycles. The fraction of sp³-hybridized carbons (Fsp3) is 0.333. The van der Waals surface area contributed by atoms with Crippen LogP contribution in [0, 0.1) is 0 Å². The largest absolute Gasteiger partial charge is 0.483 e. The number of carbonyl (C=O) groups is 2. The van der Waals surface area contributed by atoms with Crippen LogP contribution in [-0.2, 0) is 19.6 Å². The molecule has 0 aromatic heterocycles. The van der Waals surface area contributed by atoms with Gasteiger partial charge in [0.05, 0.1) is 17.1 Å². The Bertz CT molecular complexity index is 1010. The van der Waals surface area contributed by atoms with Gasteiger partial charge < -0.3 is 19.7 Å². The molecule has 0 heterocycles. The average molecular weight is 450 g/mol. The van der Waals surface area contributed by atoms with Crippen LogP contribution in [0.5, 0.6) is 5.75 Å². The Morgan fingerprint density at radius 2 is 1.71 bits per heavy atom. The van der Waals surface area contributed by atoms with Crippen LogP contribution in [0.2, 0.25) is 0 Å². The summed E-state index contributed by atoms with van der Waals surface area (Å²) in [6.45, 7) is 1.74. The van der Waals surface area contributed by atoms with E-state index in [1.165, 1.54) is 36.3 Å². The van der Waals surface area contributed by atoms with E-state index in [1.54, 1.807) is 45.3 Å². The van der Waals surface area contributed by atoms with Crippen LogP contribution in [0.25, 0.3) is 0 Å². The molecule has 0 aliphatic carbocycles. The molecule has 2 rings (SSSR count). The van der Waals surface area contributed by atoms with Crippen molar-refractivity contribution in [2.24, 2.45) is 0 Å². The highest BCUT2D eigenvalue weighted by Crippen LogP contribution is 2.21. The fourth-order valence-electron chi connectivity index (χ4n) is 2.58. The monoisotopic (exact) mass is 449 g/mol. The number of rotatable bonds is 10. The summed E-state index contributed by atoms with van der Waals surface area (Å²) < 4.78 is 37.7. The van der Waals surface area contributed by atoms with E-state index in [0.717, 1.165) is 0 Å². The average Bonchev–Trinajstić information content (AvgIpc) is 2.72. The van der Waals surface area contributed by atoms with Gasteiger partial charge >= 0.3 is 0 Å². The van der Waals surface area contributed by atoms with Gasteiger partial charge in [-0.2, -0.15) is 0 Å². The van der Waals surface area contributed by atoms with E-state index in [2.05, 4.69) is 10.0 Å². The lowest BCUT2D eigenvalue weighted by molar-refractivity contribution is -0.130. The van der Waals surface area contributed by atoms with Crippen LogP contribution < -0.4 is 14.8 Å². The Hall–Kier alpha value is -2.95. The molecule has 9 nitrogen and oxygen atoms in total. The minimum atomic E-state index is -3.71. The third-order valence-electron chi connectivity index (χ3n) is 4.18. The van der Waals surface area contributed by atoms with Gasteiger partial charge in [-0.1, -0.05) is 12.1 Å². The highest BCUT2D eigenvalue weighted by molar-refractivity contribution is 7.89. The van der Waals surface area contributed by atoms with E-state index < -0.39 is 15.9 Å². The molecule has 168 valence electrons. The first-order valence-corrected chi connectivity index (χ1v) is 11.0. The highest BCUT2D eigenvalue weighted by Gasteiger charge is 2.18. The van der Waals surface area contributed by atoms with Gasteiger partial charge in [-0.25, -0.2) is 13.1 Å². The van der Waals surface area contributed by atoms with Crippen molar-refractivity contribution in [3.8, 4) is 5.75 Å². The van der Waals surface area contributed by atoms with E-state index in [4.69, 9.17) is 9.47 Å². The molecule has 0 aliphatic heterocycles. The zero-order valence-electron chi connectivity index (χ0n) is 17.9. The lowest BCUT2D eigenvalue weighted by Crippen LogP contribution is -2.35. The Balaban J connectivity index is 2.09. The lowest BCUT2D eigenvalue weighted by atomic mass is 10.2. The smallest absolute Gasteiger partial charge is 0.259 e. The lowest BCUT2D eigenvalue weighted by Gasteiger charge is -2.15.